The number of allylic oxidation sites excluding steroid dienone is 3. The van der Waals surface area contributed by atoms with Crippen LogP contribution < -0.4 is 0 Å². The Balaban J connectivity index is 1.21. The molecule has 6 heteroatoms. The fourth-order valence-electron chi connectivity index (χ4n) is 9.56. The van der Waals surface area contributed by atoms with E-state index in [1.165, 1.54) is 43.2 Å². The van der Waals surface area contributed by atoms with Gasteiger partial charge in [0.2, 0.25) is 0 Å². The van der Waals surface area contributed by atoms with Crippen molar-refractivity contribution in [3.05, 3.63) is 245 Å². The molecule has 1 atom stereocenters. The normalized spacial score (nSPS) is 16.3. The Morgan fingerprint density at radius 1 is 0.571 bits per heavy atom. The first kappa shape index (κ1) is 38.4. The molecule has 5 nitrogen and oxygen atoms in total. The molecule has 0 amide bonds. The van der Waals surface area contributed by atoms with Crippen LogP contribution in [-0.4, -0.2) is 26.5 Å². The molecule has 5 aromatic carbocycles. The summed E-state index contributed by atoms with van der Waals surface area (Å²) in [5.41, 5.74) is 17.4. The number of fused-ring (bicyclic) bond motifs is 9. The summed E-state index contributed by atoms with van der Waals surface area (Å²) in [6.07, 6.45) is 14.3. The van der Waals surface area contributed by atoms with Crippen LogP contribution in [0.4, 0.5) is 0 Å². The second-order valence-electron chi connectivity index (χ2n) is 16.0. The van der Waals surface area contributed by atoms with Crippen molar-refractivity contribution in [2.45, 2.75) is 30.1 Å². The van der Waals surface area contributed by atoms with Gasteiger partial charge < -0.3 is 0 Å². The van der Waals surface area contributed by atoms with Gasteiger partial charge in [-0.25, -0.2) is 15.0 Å². The molecule has 1 spiro atoms. The zero-order valence-corrected chi connectivity index (χ0v) is 35.6. The van der Waals surface area contributed by atoms with Gasteiger partial charge in [-0.2, -0.15) is 0 Å². The number of aromatic nitrogens is 3. The molecular formula is C57H41N5S. The molecule has 0 saturated carbocycles. The van der Waals surface area contributed by atoms with E-state index in [9.17, 15) is 0 Å². The average Bonchev–Trinajstić information content (AvgIpc) is 3.65. The predicted molar refractivity (Wildman–Crippen MR) is 260 cm³/mol. The highest BCUT2D eigenvalue weighted by atomic mass is 32.2. The largest absolute Gasteiger partial charge is 0.265 e. The standard InChI is InChI=1S/C57H41N5S/c1-37(39-15-5-3-6-16-39)60-56(42-17-7-4-8-18-42)61-38(2)44-19-13-23-48-54(44)55-45(43-35-50(40-27-31-58-32-28-40)62-51(36-43)41-29-33-59-34-30-41)20-14-24-49(55)57(48)46-21-9-11-25-52(46)63-53-26-12-10-22-47(53)57/h3-9,11,13-36H,1,10,12H2,2H3. The molecule has 11 rings (SSSR count). The summed E-state index contributed by atoms with van der Waals surface area (Å²) in [4.78, 5) is 27.1. The van der Waals surface area contributed by atoms with Crippen LogP contribution in [0.25, 0.3) is 50.5 Å². The summed E-state index contributed by atoms with van der Waals surface area (Å²) < 4.78 is 0. The third kappa shape index (κ3) is 6.62. The Morgan fingerprint density at radius 2 is 1.16 bits per heavy atom. The highest BCUT2D eigenvalue weighted by Crippen LogP contribution is 2.66. The van der Waals surface area contributed by atoms with Gasteiger partial charge in [0.15, 0.2) is 5.84 Å². The Bertz CT molecular complexity index is 3150. The summed E-state index contributed by atoms with van der Waals surface area (Å²) in [5.74, 6) is 0.610. The van der Waals surface area contributed by atoms with E-state index in [0.717, 1.165) is 68.9 Å². The van der Waals surface area contributed by atoms with Gasteiger partial charge >= 0.3 is 0 Å². The lowest BCUT2D eigenvalue weighted by molar-refractivity contribution is 0.724. The Labute approximate surface area is 372 Å². The van der Waals surface area contributed by atoms with Gasteiger partial charge in [0.05, 0.1) is 22.5 Å². The third-order valence-corrected chi connectivity index (χ3v) is 13.5. The lowest BCUT2D eigenvalue weighted by Gasteiger charge is -2.42. The molecule has 0 saturated heterocycles. The molecule has 3 aliphatic rings. The average molecular weight is 828 g/mol. The summed E-state index contributed by atoms with van der Waals surface area (Å²) in [5, 5.41) is 0. The van der Waals surface area contributed by atoms with Gasteiger partial charge in [0, 0.05) is 62.6 Å². The van der Waals surface area contributed by atoms with Crippen molar-refractivity contribution in [3.63, 3.8) is 0 Å². The van der Waals surface area contributed by atoms with Gasteiger partial charge in [0.1, 0.15) is 0 Å². The van der Waals surface area contributed by atoms with E-state index >= 15 is 0 Å². The van der Waals surface area contributed by atoms with E-state index in [4.69, 9.17) is 15.0 Å². The first-order chi connectivity index (χ1) is 31.1. The van der Waals surface area contributed by atoms with Crippen molar-refractivity contribution in [2.24, 2.45) is 9.98 Å². The lowest BCUT2D eigenvalue weighted by Crippen LogP contribution is -2.33. The van der Waals surface area contributed by atoms with E-state index < -0.39 is 5.41 Å². The first-order valence-corrected chi connectivity index (χ1v) is 22.1. The molecule has 4 heterocycles. The van der Waals surface area contributed by atoms with Gasteiger partial charge in [-0.1, -0.05) is 146 Å². The minimum absolute atomic E-state index is 0.558. The van der Waals surface area contributed by atoms with Crippen LogP contribution in [0.3, 0.4) is 0 Å². The number of rotatable bonds is 7. The van der Waals surface area contributed by atoms with Crippen molar-refractivity contribution in [3.8, 4) is 44.8 Å². The van der Waals surface area contributed by atoms with E-state index in [0.29, 0.717) is 11.5 Å². The summed E-state index contributed by atoms with van der Waals surface area (Å²) in [6.45, 7) is 6.52. The third-order valence-electron chi connectivity index (χ3n) is 12.3. The molecule has 0 fully saturated rings. The van der Waals surface area contributed by atoms with Crippen LogP contribution in [0.15, 0.2) is 227 Å². The maximum absolute atomic E-state index is 5.46. The molecule has 8 aromatic rings. The quantitative estimate of drug-likeness (QED) is 0.119. The summed E-state index contributed by atoms with van der Waals surface area (Å²) in [7, 11) is 0. The zero-order valence-electron chi connectivity index (χ0n) is 34.7. The predicted octanol–water partition coefficient (Wildman–Crippen LogP) is 13.8. The number of amidine groups is 1. The zero-order chi connectivity index (χ0) is 42.3. The molecule has 2 aliphatic carbocycles. The van der Waals surface area contributed by atoms with E-state index in [1.54, 1.807) is 0 Å². The van der Waals surface area contributed by atoms with Gasteiger partial charge in [-0.15, -0.1) is 0 Å². The van der Waals surface area contributed by atoms with Crippen molar-refractivity contribution in [2.75, 3.05) is 0 Å². The van der Waals surface area contributed by atoms with Gasteiger partial charge in [0.25, 0.3) is 0 Å². The first-order valence-electron chi connectivity index (χ1n) is 21.3. The number of pyridine rings is 3. The molecule has 300 valence electrons. The smallest absolute Gasteiger partial charge is 0.160 e. The fourth-order valence-corrected chi connectivity index (χ4v) is 10.8. The number of thioether (sulfide) groups is 1. The number of aliphatic imine (C=N–C) groups is 2. The molecule has 1 unspecified atom stereocenters. The number of hydrogen-bond donors (Lipinski definition) is 0. The second-order valence-corrected chi connectivity index (χ2v) is 17.1. The van der Waals surface area contributed by atoms with E-state index in [1.807, 2.05) is 109 Å². The van der Waals surface area contributed by atoms with Crippen molar-refractivity contribution in [1.29, 1.82) is 0 Å². The maximum atomic E-state index is 5.46. The fraction of sp³-hybridized carbons (Fsp3) is 0.0702. The van der Waals surface area contributed by atoms with Crippen molar-refractivity contribution >= 4 is 29.0 Å². The molecule has 0 radical (unpaired) electrons. The summed E-state index contributed by atoms with van der Waals surface area (Å²) in [6, 6.07) is 55.6. The molecule has 63 heavy (non-hydrogen) atoms. The van der Waals surface area contributed by atoms with Gasteiger partial charge in [-0.3, -0.25) is 9.97 Å². The van der Waals surface area contributed by atoms with Crippen LogP contribution in [0.5, 0.6) is 0 Å². The number of hydrogen-bond acceptors (Lipinski definition) is 5. The minimum Gasteiger partial charge on any atom is -0.265 e. The van der Waals surface area contributed by atoms with E-state index in [2.05, 4.69) is 121 Å². The second kappa shape index (κ2) is 16.1. The van der Waals surface area contributed by atoms with E-state index in [-0.39, 0.29) is 0 Å². The molecule has 0 bridgehead atoms. The monoisotopic (exact) mass is 827 g/mol. The molecule has 1 aliphatic heterocycles. The lowest BCUT2D eigenvalue weighted by atomic mass is 9.65. The Hall–Kier alpha value is -7.54. The minimum atomic E-state index is -0.558. The Kier molecular flexibility index (Phi) is 9.78. The number of nitrogens with zero attached hydrogens (tertiary/aromatic N) is 5. The number of benzene rings is 5. The topological polar surface area (TPSA) is 63.4 Å². The molecule has 0 N–H and O–H groups in total. The Morgan fingerprint density at radius 3 is 1.86 bits per heavy atom. The van der Waals surface area contributed by atoms with Crippen LogP contribution in [-0.2, 0) is 5.41 Å². The SMILES string of the molecule is C=C(N=C(N=C(C)c1cccc2c1-c1c(-c3cc(-c4ccncc4)nc(-c4ccncc4)c3)cccc1C21C2=CCCC=C2Sc2ccccc21)c1ccccc1)c1ccccc1. The highest BCUT2D eigenvalue weighted by Gasteiger charge is 2.53. The van der Waals surface area contributed by atoms with Gasteiger partial charge in [-0.05, 0) is 112 Å². The van der Waals surface area contributed by atoms with Crippen LogP contribution >= 0.6 is 11.8 Å². The summed E-state index contributed by atoms with van der Waals surface area (Å²) >= 11 is 1.90. The molecular weight excluding hydrogens is 787 g/mol. The van der Waals surface area contributed by atoms with Crippen LogP contribution in [0, 0.1) is 0 Å². The van der Waals surface area contributed by atoms with Crippen molar-refractivity contribution in [1.82, 2.24) is 15.0 Å². The van der Waals surface area contributed by atoms with Crippen LogP contribution in [0.1, 0.15) is 53.1 Å². The molecule has 3 aromatic heterocycles. The van der Waals surface area contributed by atoms with Crippen molar-refractivity contribution < 1.29 is 0 Å². The highest BCUT2D eigenvalue weighted by molar-refractivity contribution is 8.03. The van der Waals surface area contributed by atoms with Crippen LogP contribution in [0.2, 0.25) is 0 Å². The maximum Gasteiger partial charge on any atom is 0.160 e.